The Bertz CT molecular complexity index is 592. The van der Waals surface area contributed by atoms with Gasteiger partial charge in [0, 0.05) is 26.1 Å². The maximum absolute atomic E-state index is 9.75. The van der Waals surface area contributed by atoms with Gasteiger partial charge in [-0.2, -0.15) is 0 Å². The SMILES string of the molecule is CCCCC(CCCC)CCCC(CCOCCOCCOCCC(CCCC(CCCC)CCCC)CC(O)=S)CC(O)=S. The van der Waals surface area contributed by atoms with Crippen LogP contribution in [0.1, 0.15) is 169 Å². The van der Waals surface area contributed by atoms with Crippen LogP contribution in [0.5, 0.6) is 0 Å². The molecule has 0 saturated carbocycles. The molecule has 0 radical (unpaired) electrons. The van der Waals surface area contributed by atoms with Gasteiger partial charge in [-0.05, 0) is 73.8 Å². The molecule has 0 rings (SSSR count). The molecule has 2 atom stereocenters. The summed E-state index contributed by atoms with van der Waals surface area (Å²) >= 11 is 10.0. The summed E-state index contributed by atoms with van der Waals surface area (Å²) in [6, 6.07) is 0. The number of thiocarbonyl (C=S) groups is 2. The van der Waals surface area contributed by atoms with Crippen LogP contribution < -0.4 is 0 Å². The van der Waals surface area contributed by atoms with Gasteiger partial charge in [0.15, 0.2) is 10.1 Å². The Balaban J connectivity index is 4.09. The number of hydrogen-bond acceptors (Lipinski definition) is 5. The third kappa shape index (κ3) is 30.7. The molecule has 45 heavy (non-hydrogen) atoms. The van der Waals surface area contributed by atoms with E-state index in [0.717, 1.165) is 37.5 Å². The van der Waals surface area contributed by atoms with Crippen molar-refractivity contribution in [2.24, 2.45) is 23.7 Å². The minimum Gasteiger partial charge on any atom is -0.502 e. The predicted octanol–water partition coefficient (Wildman–Crippen LogP) is 11.9. The van der Waals surface area contributed by atoms with Crippen LogP contribution in [0, 0.1) is 23.7 Å². The van der Waals surface area contributed by atoms with Gasteiger partial charge >= 0.3 is 0 Å². The minimum absolute atomic E-state index is 0.126. The Morgan fingerprint density at radius 3 is 0.956 bits per heavy atom. The maximum atomic E-state index is 9.75. The highest BCUT2D eigenvalue weighted by molar-refractivity contribution is 7.80. The summed E-state index contributed by atoms with van der Waals surface area (Å²) in [5, 5.41) is 19.7. The topological polar surface area (TPSA) is 68.2 Å². The quantitative estimate of drug-likeness (QED) is 0.0506. The van der Waals surface area contributed by atoms with E-state index in [-0.39, 0.29) is 10.1 Å². The lowest BCUT2D eigenvalue weighted by atomic mass is 9.88. The average Bonchev–Trinajstić information content (AvgIpc) is 3.00. The van der Waals surface area contributed by atoms with Crippen LogP contribution in [-0.4, -0.2) is 60.0 Å². The standard InChI is InChI=1S/C38H74O5S2/c1-5-9-15-33(16-10-6-2)19-13-21-35(31-37(39)44)23-25-41-27-29-43-30-28-42-26-24-36(32-38(40)45)22-14-20-34(17-11-7-3)18-12-8-4/h33-36H,5-32H2,1-4H3,(H,39,44)(H,40,45). The summed E-state index contributed by atoms with van der Waals surface area (Å²) in [5.41, 5.74) is 0. The number of rotatable bonds is 36. The van der Waals surface area contributed by atoms with E-state index in [1.165, 1.54) is 103 Å². The van der Waals surface area contributed by atoms with E-state index in [9.17, 15) is 10.2 Å². The van der Waals surface area contributed by atoms with Gasteiger partial charge in [0.1, 0.15) is 0 Å². The maximum Gasteiger partial charge on any atom is 0.156 e. The van der Waals surface area contributed by atoms with Gasteiger partial charge in [-0.25, -0.2) is 0 Å². The van der Waals surface area contributed by atoms with Crippen LogP contribution in [0.2, 0.25) is 0 Å². The molecule has 0 saturated heterocycles. The van der Waals surface area contributed by atoms with Crippen molar-refractivity contribution in [3.05, 3.63) is 0 Å². The smallest absolute Gasteiger partial charge is 0.156 e. The largest absolute Gasteiger partial charge is 0.502 e. The first-order chi connectivity index (χ1) is 21.9. The average molecular weight is 675 g/mol. The number of ether oxygens (including phenoxy) is 3. The van der Waals surface area contributed by atoms with Gasteiger partial charge in [-0.3, -0.25) is 0 Å². The van der Waals surface area contributed by atoms with Gasteiger partial charge in [0.2, 0.25) is 0 Å². The van der Waals surface area contributed by atoms with Crippen molar-refractivity contribution in [3.63, 3.8) is 0 Å². The lowest BCUT2D eigenvalue weighted by molar-refractivity contribution is 0.00990. The molecule has 2 unspecified atom stereocenters. The number of aliphatic hydroxyl groups excluding tert-OH is 2. The second-order valence-corrected chi connectivity index (χ2v) is 14.4. The van der Waals surface area contributed by atoms with Crippen molar-refractivity contribution in [1.29, 1.82) is 0 Å². The molecule has 0 bridgehead atoms. The molecule has 2 N–H and O–H groups in total. The van der Waals surface area contributed by atoms with Crippen molar-refractivity contribution in [1.82, 2.24) is 0 Å². The second-order valence-electron chi connectivity index (χ2n) is 13.5. The molecule has 0 aromatic rings. The summed E-state index contributed by atoms with van der Waals surface area (Å²) in [4.78, 5) is 0. The Labute approximate surface area is 290 Å². The Morgan fingerprint density at radius 2 is 0.667 bits per heavy atom. The molecule has 0 aliphatic carbocycles. The predicted molar refractivity (Wildman–Crippen MR) is 201 cm³/mol. The third-order valence-corrected chi connectivity index (χ3v) is 9.66. The molecular weight excluding hydrogens is 601 g/mol. The fraction of sp³-hybridized carbons (Fsp3) is 0.947. The minimum atomic E-state index is 0.126. The highest BCUT2D eigenvalue weighted by Crippen LogP contribution is 2.27. The molecule has 0 spiro atoms. The van der Waals surface area contributed by atoms with Crippen molar-refractivity contribution in [2.75, 3.05) is 39.6 Å². The van der Waals surface area contributed by atoms with Gasteiger partial charge in [-0.15, -0.1) is 0 Å². The van der Waals surface area contributed by atoms with Crippen LogP contribution in [-0.2, 0) is 14.2 Å². The molecule has 268 valence electrons. The Morgan fingerprint density at radius 1 is 0.400 bits per heavy atom. The second kappa shape index (κ2) is 33.6. The van der Waals surface area contributed by atoms with Crippen LogP contribution >= 0.6 is 24.4 Å². The van der Waals surface area contributed by atoms with Crippen LogP contribution in [0.3, 0.4) is 0 Å². The van der Waals surface area contributed by atoms with Crippen molar-refractivity contribution >= 4 is 34.5 Å². The number of aliphatic hydroxyl groups is 2. The Kier molecular flexibility index (Phi) is 33.3. The van der Waals surface area contributed by atoms with E-state index >= 15 is 0 Å². The first-order valence-corrected chi connectivity index (χ1v) is 19.8. The molecule has 0 heterocycles. The first kappa shape index (κ1) is 44.7. The summed E-state index contributed by atoms with van der Waals surface area (Å²) in [5.74, 6) is 2.47. The molecule has 7 heteroatoms. The van der Waals surface area contributed by atoms with E-state index in [2.05, 4.69) is 27.7 Å². The molecule has 0 aromatic heterocycles. The van der Waals surface area contributed by atoms with Gasteiger partial charge in [0.25, 0.3) is 0 Å². The fourth-order valence-electron chi connectivity index (χ4n) is 6.46. The van der Waals surface area contributed by atoms with Gasteiger partial charge in [-0.1, -0.05) is 130 Å². The van der Waals surface area contributed by atoms with Crippen molar-refractivity contribution in [2.45, 2.75) is 169 Å². The van der Waals surface area contributed by atoms with E-state index in [1.54, 1.807) is 0 Å². The highest BCUT2D eigenvalue weighted by atomic mass is 32.1. The van der Waals surface area contributed by atoms with Crippen LogP contribution in [0.25, 0.3) is 0 Å². The number of hydrogen-bond donors (Lipinski definition) is 2. The first-order valence-electron chi connectivity index (χ1n) is 19.0. The fourth-order valence-corrected chi connectivity index (χ4v) is 6.93. The zero-order valence-electron chi connectivity index (χ0n) is 30.0. The molecule has 0 aliphatic heterocycles. The number of unbranched alkanes of at least 4 members (excludes halogenated alkanes) is 4. The molecule has 0 fully saturated rings. The monoisotopic (exact) mass is 674 g/mol. The van der Waals surface area contributed by atoms with E-state index in [0.29, 0.717) is 64.3 Å². The highest BCUT2D eigenvalue weighted by Gasteiger charge is 2.15. The summed E-state index contributed by atoms with van der Waals surface area (Å²) in [7, 11) is 0. The van der Waals surface area contributed by atoms with Gasteiger partial charge in [0.05, 0.1) is 26.4 Å². The van der Waals surface area contributed by atoms with Crippen molar-refractivity contribution in [3.8, 4) is 0 Å². The zero-order valence-corrected chi connectivity index (χ0v) is 31.7. The molecular formula is C38H74O5S2. The third-order valence-electron chi connectivity index (χ3n) is 9.32. The lowest BCUT2D eigenvalue weighted by Gasteiger charge is -2.20. The zero-order chi connectivity index (χ0) is 33.4. The van der Waals surface area contributed by atoms with Gasteiger partial charge < -0.3 is 24.4 Å². The van der Waals surface area contributed by atoms with Crippen LogP contribution in [0.4, 0.5) is 0 Å². The van der Waals surface area contributed by atoms with E-state index < -0.39 is 0 Å². The molecule has 0 amide bonds. The summed E-state index contributed by atoms with van der Waals surface area (Å²) < 4.78 is 17.4. The van der Waals surface area contributed by atoms with E-state index in [1.807, 2.05) is 0 Å². The lowest BCUT2D eigenvalue weighted by Crippen LogP contribution is -2.14. The molecule has 0 aromatic carbocycles. The normalized spacial score (nSPS) is 13.1. The summed E-state index contributed by atoms with van der Waals surface area (Å²) in [6.45, 7) is 12.7. The summed E-state index contributed by atoms with van der Waals surface area (Å²) in [6.07, 6.45) is 26.1. The van der Waals surface area contributed by atoms with E-state index in [4.69, 9.17) is 38.6 Å². The van der Waals surface area contributed by atoms with Crippen molar-refractivity contribution < 1.29 is 24.4 Å². The Hall–Kier alpha value is -0.340. The molecule has 0 aliphatic rings. The van der Waals surface area contributed by atoms with Crippen LogP contribution in [0.15, 0.2) is 0 Å². The molecule has 5 nitrogen and oxygen atoms in total.